The van der Waals surface area contributed by atoms with Gasteiger partial charge in [-0.2, -0.15) is 4.31 Å². The molecule has 1 aromatic heterocycles. The normalized spacial score (nSPS) is 25.0. The molecular formula is C13H22N2O3S2. The predicted molar refractivity (Wildman–Crippen MR) is 80.4 cm³/mol. The van der Waals surface area contributed by atoms with Crippen LogP contribution < -0.4 is 5.73 Å². The van der Waals surface area contributed by atoms with Gasteiger partial charge in [-0.25, -0.2) is 8.42 Å². The van der Waals surface area contributed by atoms with Crippen molar-refractivity contribution in [1.29, 1.82) is 0 Å². The fourth-order valence-electron chi connectivity index (χ4n) is 2.48. The lowest BCUT2D eigenvalue weighted by Crippen LogP contribution is -2.49. The third-order valence-corrected chi connectivity index (χ3v) is 7.45. The summed E-state index contributed by atoms with van der Waals surface area (Å²) in [5.41, 5.74) is 6.18. The molecule has 0 spiro atoms. The Labute approximate surface area is 124 Å². The summed E-state index contributed by atoms with van der Waals surface area (Å²) in [6.07, 6.45) is 1.70. The van der Waals surface area contributed by atoms with E-state index in [0.717, 1.165) is 23.3 Å². The molecule has 7 heteroatoms. The van der Waals surface area contributed by atoms with Crippen molar-refractivity contribution >= 4 is 21.4 Å². The first-order valence-corrected chi connectivity index (χ1v) is 8.93. The zero-order chi connectivity index (χ0) is 15.0. The van der Waals surface area contributed by atoms with Crippen LogP contribution in [0.2, 0.25) is 0 Å². The molecule has 2 N–H and O–H groups in total. The van der Waals surface area contributed by atoms with Gasteiger partial charge in [0.1, 0.15) is 4.21 Å². The van der Waals surface area contributed by atoms with E-state index in [4.69, 9.17) is 10.5 Å². The van der Waals surface area contributed by atoms with Crippen molar-refractivity contribution in [2.24, 2.45) is 5.73 Å². The fourth-order valence-corrected chi connectivity index (χ4v) is 5.69. The zero-order valence-corrected chi connectivity index (χ0v) is 13.8. The summed E-state index contributed by atoms with van der Waals surface area (Å²) in [6.45, 7) is 5.19. The van der Waals surface area contributed by atoms with Crippen molar-refractivity contribution in [1.82, 2.24) is 4.31 Å². The molecule has 20 heavy (non-hydrogen) atoms. The maximum Gasteiger partial charge on any atom is 0.252 e. The summed E-state index contributed by atoms with van der Waals surface area (Å²) in [4.78, 5) is 0.926. The number of hydrogen-bond acceptors (Lipinski definition) is 5. The number of aryl methyl sites for hydroxylation is 1. The Morgan fingerprint density at radius 1 is 1.55 bits per heavy atom. The second-order valence-corrected chi connectivity index (χ2v) is 8.77. The Bertz CT molecular complexity index is 582. The van der Waals surface area contributed by atoms with Crippen molar-refractivity contribution in [3.05, 3.63) is 16.5 Å². The van der Waals surface area contributed by atoms with Crippen LogP contribution in [-0.4, -0.2) is 38.5 Å². The number of sulfonamides is 1. The van der Waals surface area contributed by atoms with E-state index in [0.29, 0.717) is 23.8 Å². The maximum absolute atomic E-state index is 12.7. The Morgan fingerprint density at radius 3 is 2.80 bits per heavy atom. The van der Waals surface area contributed by atoms with Crippen LogP contribution >= 0.6 is 11.3 Å². The minimum atomic E-state index is -3.44. The third-order valence-electron chi connectivity index (χ3n) is 3.89. The molecule has 2 heterocycles. The summed E-state index contributed by atoms with van der Waals surface area (Å²) in [5, 5.41) is 0. The molecule has 2 rings (SSSR count). The van der Waals surface area contributed by atoms with Crippen LogP contribution in [0.25, 0.3) is 0 Å². The number of nitrogens with two attached hydrogens (primary N) is 1. The molecule has 1 atom stereocenters. The molecular weight excluding hydrogens is 296 g/mol. The lowest BCUT2D eigenvalue weighted by molar-refractivity contribution is -0.0319. The van der Waals surface area contributed by atoms with Crippen molar-refractivity contribution < 1.29 is 13.2 Å². The summed E-state index contributed by atoms with van der Waals surface area (Å²) in [5.74, 6) is 0. The molecule has 0 radical (unpaired) electrons. The topological polar surface area (TPSA) is 72.6 Å². The van der Waals surface area contributed by atoms with Crippen LogP contribution in [0.3, 0.4) is 0 Å². The number of thiophene rings is 1. The smallest absolute Gasteiger partial charge is 0.252 e. The molecule has 1 unspecified atom stereocenters. The minimum absolute atomic E-state index is 0.377. The molecule has 1 aliphatic rings. The highest BCUT2D eigenvalue weighted by molar-refractivity contribution is 7.91. The van der Waals surface area contributed by atoms with E-state index in [2.05, 4.69) is 0 Å². The lowest BCUT2D eigenvalue weighted by atomic mass is 9.96. The van der Waals surface area contributed by atoms with Gasteiger partial charge in [0.25, 0.3) is 10.0 Å². The summed E-state index contributed by atoms with van der Waals surface area (Å²) in [7, 11) is -1.80. The van der Waals surface area contributed by atoms with Gasteiger partial charge in [-0.15, -0.1) is 11.3 Å². The molecule has 0 saturated carbocycles. The van der Waals surface area contributed by atoms with Crippen molar-refractivity contribution in [3.8, 4) is 0 Å². The van der Waals surface area contributed by atoms with Crippen LogP contribution in [0.1, 0.15) is 30.2 Å². The summed E-state index contributed by atoms with van der Waals surface area (Å²) < 4.78 is 32.8. The predicted octanol–water partition coefficient (Wildman–Crippen LogP) is 1.70. The Hall–Kier alpha value is -0.470. The van der Waals surface area contributed by atoms with Gasteiger partial charge >= 0.3 is 0 Å². The van der Waals surface area contributed by atoms with Gasteiger partial charge in [-0.3, -0.25) is 0 Å². The lowest BCUT2D eigenvalue weighted by Gasteiger charge is -2.38. The van der Waals surface area contributed by atoms with Crippen molar-refractivity contribution in [2.45, 2.75) is 43.0 Å². The first-order chi connectivity index (χ1) is 9.32. The molecule has 1 aliphatic heterocycles. The average molecular weight is 318 g/mol. The molecule has 0 aromatic carbocycles. The summed E-state index contributed by atoms with van der Waals surface area (Å²) in [6, 6.07) is 1.72. The number of hydrogen-bond donors (Lipinski definition) is 1. The van der Waals surface area contributed by atoms with Gasteiger partial charge in [0.15, 0.2) is 0 Å². The van der Waals surface area contributed by atoms with Crippen LogP contribution in [0.4, 0.5) is 0 Å². The van der Waals surface area contributed by atoms with E-state index in [9.17, 15) is 8.42 Å². The van der Waals surface area contributed by atoms with Gasteiger partial charge in [0.2, 0.25) is 0 Å². The Morgan fingerprint density at radius 2 is 2.25 bits per heavy atom. The third kappa shape index (κ3) is 2.92. The fraction of sp³-hybridized carbons (Fsp3) is 0.692. The molecule has 0 aliphatic carbocycles. The van der Waals surface area contributed by atoms with Crippen LogP contribution in [-0.2, 0) is 21.3 Å². The molecule has 1 aromatic rings. The van der Waals surface area contributed by atoms with E-state index in [-0.39, 0.29) is 0 Å². The molecule has 0 bridgehead atoms. The molecule has 5 nitrogen and oxygen atoms in total. The van der Waals surface area contributed by atoms with Crippen LogP contribution in [0, 0.1) is 6.92 Å². The average Bonchev–Trinajstić information content (AvgIpc) is 2.81. The first kappa shape index (κ1) is 15.9. The van der Waals surface area contributed by atoms with E-state index >= 15 is 0 Å². The molecule has 1 fully saturated rings. The first-order valence-electron chi connectivity index (χ1n) is 6.67. The second-order valence-electron chi connectivity index (χ2n) is 5.47. The van der Waals surface area contributed by atoms with E-state index in [1.165, 1.54) is 15.6 Å². The van der Waals surface area contributed by atoms with Crippen molar-refractivity contribution in [2.75, 3.05) is 20.2 Å². The van der Waals surface area contributed by atoms with Crippen LogP contribution in [0.15, 0.2) is 10.3 Å². The highest BCUT2D eigenvalue weighted by atomic mass is 32.2. The highest BCUT2D eigenvalue weighted by Crippen LogP contribution is 2.32. The van der Waals surface area contributed by atoms with E-state index in [1.54, 1.807) is 13.2 Å². The number of ether oxygens (including phenoxy) is 1. The number of nitrogens with zero attached hydrogens (tertiary/aromatic N) is 1. The highest BCUT2D eigenvalue weighted by Gasteiger charge is 2.37. The SMILES string of the molecule is COC1(C)CCCN(S(=O)(=O)c2cc(C)c(CN)s2)C1. The van der Waals surface area contributed by atoms with Gasteiger partial charge in [-0.05, 0) is 38.3 Å². The monoisotopic (exact) mass is 318 g/mol. The van der Waals surface area contributed by atoms with E-state index in [1.807, 2.05) is 13.8 Å². The maximum atomic E-state index is 12.7. The quantitative estimate of drug-likeness (QED) is 0.917. The van der Waals surface area contributed by atoms with Gasteiger partial charge < -0.3 is 10.5 Å². The van der Waals surface area contributed by atoms with Gasteiger partial charge in [0, 0.05) is 31.6 Å². The number of piperidine rings is 1. The largest absolute Gasteiger partial charge is 0.377 e. The molecule has 114 valence electrons. The van der Waals surface area contributed by atoms with E-state index < -0.39 is 15.6 Å². The zero-order valence-electron chi connectivity index (χ0n) is 12.2. The Balaban J connectivity index is 2.29. The second kappa shape index (κ2) is 5.73. The molecule has 1 saturated heterocycles. The molecule has 0 amide bonds. The van der Waals surface area contributed by atoms with Crippen molar-refractivity contribution in [3.63, 3.8) is 0 Å². The number of methoxy groups -OCH3 is 1. The standard InChI is InChI=1S/C13H22N2O3S2/c1-10-7-12(19-11(10)8-14)20(16,17)15-6-4-5-13(2,9-15)18-3/h7H,4-6,8-9,14H2,1-3H3. The number of rotatable bonds is 4. The summed E-state index contributed by atoms with van der Waals surface area (Å²) >= 11 is 1.27. The van der Waals surface area contributed by atoms with Crippen LogP contribution in [0.5, 0.6) is 0 Å². The van der Waals surface area contributed by atoms with Gasteiger partial charge in [-0.1, -0.05) is 0 Å². The Kier molecular flexibility index (Phi) is 4.56. The van der Waals surface area contributed by atoms with Gasteiger partial charge in [0.05, 0.1) is 5.60 Å². The minimum Gasteiger partial charge on any atom is -0.377 e.